The molecule has 1 nitrogen and oxygen atoms in total. The van der Waals surface area contributed by atoms with Crippen LogP contribution < -0.4 is 4.74 Å². The van der Waals surface area contributed by atoms with Gasteiger partial charge in [0.25, 0.3) is 0 Å². The van der Waals surface area contributed by atoms with E-state index in [1.165, 1.54) is 6.07 Å². The number of benzene rings is 3. The van der Waals surface area contributed by atoms with Crippen LogP contribution in [-0.2, 0) is 0 Å². The van der Waals surface area contributed by atoms with Gasteiger partial charge in [-0.3, -0.25) is 0 Å². The van der Waals surface area contributed by atoms with Crippen molar-refractivity contribution in [1.82, 2.24) is 0 Å². The van der Waals surface area contributed by atoms with Crippen molar-refractivity contribution >= 4 is 12.2 Å². The molecule has 0 aromatic heterocycles. The first-order chi connectivity index (χ1) is 16.5. The average molecular weight is 463 g/mol. The Bertz CT molecular complexity index is 1170. The second kappa shape index (κ2) is 10.8. The van der Waals surface area contributed by atoms with Crippen LogP contribution in [0.2, 0.25) is 0 Å². The maximum atomic E-state index is 14.8. The van der Waals surface area contributed by atoms with Crippen LogP contribution in [0.1, 0.15) is 55.2 Å². The molecule has 176 valence electrons. The zero-order chi connectivity index (χ0) is 24.1. The lowest BCUT2D eigenvalue weighted by atomic mass is 9.79. The Morgan fingerprint density at radius 3 is 2.24 bits per heavy atom. The number of hydrogen-bond donors (Lipinski definition) is 0. The lowest BCUT2D eigenvalue weighted by Crippen LogP contribution is -2.13. The van der Waals surface area contributed by atoms with Crippen LogP contribution in [0.4, 0.5) is 13.2 Å². The molecule has 3 aromatic rings. The normalized spacial score (nSPS) is 18.2. The lowest BCUT2D eigenvalue weighted by molar-refractivity contribution is 0.339. The topological polar surface area (TPSA) is 9.23 Å². The van der Waals surface area contributed by atoms with E-state index in [1.54, 1.807) is 42.5 Å². The summed E-state index contributed by atoms with van der Waals surface area (Å²) in [4.78, 5) is 0. The highest BCUT2D eigenvalue weighted by Crippen LogP contribution is 2.37. The van der Waals surface area contributed by atoms with Gasteiger partial charge in [0.1, 0.15) is 6.61 Å². The van der Waals surface area contributed by atoms with Crippen molar-refractivity contribution in [3.05, 3.63) is 101 Å². The Hall–Kier alpha value is -3.27. The molecule has 1 aliphatic carbocycles. The van der Waals surface area contributed by atoms with Gasteiger partial charge in [-0.1, -0.05) is 87.0 Å². The summed E-state index contributed by atoms with van der Waals surface area (Å²) >= 11 is 0. The molecule has 1 aliphatic rings. The fourth-order valence-corrected chi connectivity index (χ4v) is 4.51. The Morgan fingerprint density at radius 1 is 0.853 bits per heavy atom. The summed E-state index contributed by atoms with van der Waals surface area (Å²) in [6.07, 6.45) is 8.83. The van der Waals surface area contributed by atoms with Gasteiger partial charge in [0.15, 0.2) is 23.2 Å². The highest BCUT2D eigenvalue weighted by atomic mass is 19.2. The number of ether oxygens (including phenoxy) is 1. The number of rotatable bonds is 7. The van der Waals surface area contributed by atoms with Crippen LogP contribution in [-0.4, -0.2) is 6.61 Å². The molecular formula is C30H29F3O. The Kier molecular flexibility index (Phi) is 7.56. The van der Waals surface area contributed by atoms with Gasteiger partial charge >= 0.3 is 0 Å². The lowest BCUT2D eigenvalue weighted by Gasteiger charge is -2.27. The summed E-state index contributed by atoms with van der Waals surface area (Å²) in [6, 6.07) is 15.7. The number of hydrogen-bond acceptors (Lipinski definition) is 1. The fourth-order valence-electron chi connectivity index (χ4n) is 4.51. The molecule has 1 fully saturated rings. The first-order valence-electron chi connectivity index (χ1n) is 11.8. The van der Waals surface area contributed by atoms with Crippen LogP contribution in [0, 0.1) is 23.4 Å². The van der Waals surface area contributed by atoms with E-state index in [1.807, 2.05) is 24.3 Å². The molecule has 3 aromatic carbocycles. The summed E-state index contributed by atoms with van der Waals surface area (Å²) in [6.45, 7) is 6.01. The first-order valence-corrected chi connectivity index (χ1v) is 11.8. The monoisotopic (exact) mass is 462 g/mol. The first kappa shape index (κ1) is 23.9. The predicted molar refractivity (Wildman–Crippen MR) is 133 cm³/mol. The SMILES string of the molecule is C=CCOc1ccc(-c2ccc(/C=C/c3ccc(C4CCC(C)CC4)c(F)c3F)cc2)cc1F. The quantitative estimate of drug-likeness (QED) is 0.252. The predicted octanol–water partition coefficient (Wildman–Crippen LogP) is 8.80. The van der Waals surface area contributed by atoms with Crippen LogP contribution in [0.25, 0.3) is 23.3 Å². The van der Waals surface area contributed by atoms with Gasteiger partial charge in [-0.05, 0) is 59.1 Å². The highest BCUT2D eigenvalue weighted by molar-refractivity contribution is 5.72. The van der Waals surface area contributed by atoms with Crippen molar-refractivity contribution in [2.45, 2.75) is 38.5 Å². The summed E-state index contributed by atoms with van der Waals surface area (Å²) in [5, 5.41) is 0. The molecule has 0 bridgehead atoms. The second-order valence-corrected chi connectivity index (χ2v) is 9.03. The molecule has 1 saturated carbocycles. The van der Waals surface area contributed by atoms with Crippen LogP contribution >= 0.6 is 0 Å². The number of halogens is 3. The van der Waals surface area contributed by atoms with Crippen molar-refractivity contribution in [1.29, 1.82) is 0 Å². The van der Waals surface area contributed by atoms with E-state index in [4.69, 9.17) is 4.74 Å². The summed E-state index contributed by atoms with van der Waals surface area (Å²) in [5.41, 5.74) is 3.13. The third-order valence-electron chi connectivity index (χ3n) is 6.59. The third-order valence-corrected chi connectivity index (χ3v) is 6.59. The van der Waals surface area contributed by atoms with Crippen molar-refractivity contribution in [3.63, 3.8) is 0 Å². The fraction of sp³-hybridized carbons (Fsp3) is 0.267. The van der Waals surface area contributed by atoms with E-state index in [0.717, 1.165) is 42.4 Å². The molecule has 0 saturated heterocycles. The second-order valence-electron chi connectivity index (χ2n) is 9.03. The molecule has 4 heteroatoms. The zero-order valence-corrected chi connectivity index (χ0v) is 19.4. The van der Waals surface area contributed by atoms with E-state index in [0.29, 0.717) is 11.5 Å². The molecule has 0 heterocycles. The summed E-state index contributed by atoms with van der Waals surface area (Å²) in [5.74, 6) is -1.01. The molecule has 0 radical (unpaired) electrons. The van der Waals surface area contributed by atoms with Gasteiger partial charge in [0, 0.05) is 5.56 Å². The van der Waals surface area contributed by atoms with E-state index in [-0.39, 0.29) is 23.8 Å². The molecule has 0 spiro atoms. The van der Waals surface area contributed by atoms with Crippen molar-refractivity contribution in [3.8, 4) is 16.9 Å². The molecular weight excluding hydrogens is 433 g/mol. The van der Waals surface area contributed by atoms with Gasteiger partial charge < -0.3 is 4.74 Å². The molecule has 0 aliphatic heterocycles. The molecule has 0 N–H and O–H groups in total. The summed E-state index contributed by atoms with van der Waals surface area (Å²) in [7, 11) is 0. The average Bonchev–Trinajstić information content (AvgIpc) is 2.85. The van der Waals surface area contributed by atoms with Crippen LogP contribution in [0.5, 0.6) is 5.75 Å². The maximum absolute atomic E-state index is 14.8. The summed E-state index contributed by atoms with van der Waals surface area (Å²) < 4.78 is 49.1. The van der Waals surface area contributed by atoms with Gasteiger partial charge in [-0.25, -0.2) is 13.2 Å². The van der Waals surface area contributed by atoms with E-state index < -0.39 is 17.5 Å². The minimum atomic E-state index is -0.793. The van der Waals surface area contributed by atoms with Gasteiger partial charge in [-0.2, -0.15) is 0 Å². The molecule has 0 amide bonds. The van der Waals surface area contributed by atoms with Crippen molar-refractivity contribution in [2.24, 2.45) is 5.92 Å². The third kappa shape index (κ3) is 5.44. The minimum Gasteiger partial charge on any atom is -0.486 e. The highest BCUT2D eigenvalue weighted by Gasteiger charge is 2.24. The Morgan fingerprint density at radius 2 is 1.56 bits per heavy atom. The Labute approximate surface area is 199 Å². The van der Waals surface area contributed by atoms with Gasteiger partial charge in [0.2, 0.25) is 0 Å². The standard InChI is InChI=1S/C30H29F3O/c1-3-18-34-28-17-15-25(19-27(28)31)22-11-6-21(7-12-22)8-13-24-14-16-26(30(33)29(24)32)23-9-4-20(2)5-10-23/h3,6-8,11-17,19-20,23H,1,4-5,9-10,18H2,2H3/b13-8+. The molecule has 4 rings (SSSR count). The van der Waals surface area contributed by atoms with Crippen LogP contribution in [0.3, 0.4) is 0 Å². The van der Waals surface area contributed by atoms with Gasteiger partial charge in [-0.15, -0.1) is 0 Å². The molecule has 0 unspecified atom stereocenters. The van der Waals surface area contributed by atoms with E-state index in [2.05, 4.69) is 13.5 Å². The minimum absolute atomic E-state index is 0.101. The van der Waals surface area contributed by atoms with Gasteiger partial charge in [0.05, 0.1) is 0 Å². The molecule has 0 atom stereocenters. The largest absolute Gasteiger partial charge is 0.486 e. The zero-order valence-electron chi connectivity index (χ0n) is 19.4. The van der Waals surface area contributed by atoms with Crippen LogP contribution in [0.15, 0.2) is 67.3 Å². The van der Waals surface area contributed by atoms with Crippen molar-refractivity contribution < 1.29 is 17.9 Å². The van der Waals surface area contributed by atoms with E-state index in [9.17, 15) is 13.2 Å². The molecule has 34 heavy (non-hydrogen) atoms. The van der Waals surface area contributed by atoms with Crippen molar-refractivity contribution in [2.75, 3.05) is 6.61 Å². The smallest absolute Gasteiger partial charge is 0.166 e. The van der Waals surface area contributed by atoms with E-state index >= 15 is 0 Å². The Balaban J connectivity index is 1.47. The maximum Gasteiger partial charge on any atom is 0.166 e.